The van der Waals surface area contributed by atoms with Crippen LogP contribution in [0.4, 0.5) is 0 Å². The third-order valence-corrected chi connectivity index (χ3v) is 4.04. The Morgan fingerprint density at radius 3 is 2.96 bits per heavy atom. The van der Waals surface area contributed by atoms with Crippen molar-refractivity contribution in [1.29, 1.82) is 0 Å². The number of aromatic nitrogens is 3. The van der Waals surface area contributed by atoms with E-state index in [2.05, 4.69) is 56.1 Å². The van der Waals surface area contributed by atoms with Crippen LogP contribution < -0.4 is 5.32 Å². The molecular formula is C19H28N6. The first-order valence-electron chi connectivity index (χ1n) is 8.72. The van der Waals surface area contributed by atoms with E-state index in [1.165, 1.54) is 24.7 Å². The Morgan fingerprint density at radius 1 is 1.36 bits per heavy atom. The van der Waals surface area contributed by atoms with Crippen LogP contribution in [0.1, 0.15) is 31.2 Å². The van der Waals surface area contributed by atoms with Crippen LogP contribution in [0.5, 0.6) is 0 Å². The number of nitrogens with zero attached hydrogens (tertiary/aromatic N) is 4. The Labute approximate surface area is 150 Å². The third kappa shape index (κ3) is 6.06. The molecule has 2 rings (SSSR count). The molecule has 1 aromatic heterocycles. The molecule has 0 unspecified atom stereocenters. The maximum Gasteiger partial charge on any atom is 0.193 e. The summed E-state index contributed by atoms with van der Waals surface area (Å²) in [5.74, 6) is 1.69. The van der Waals surface area contributed by atoms with Gasteiger partial charge in [-0.05, 0) is 30.9 Å². The van der Waals surface area contributed by atoms with Crippen molar-refractivity contribution < 1.29 is 0 Å². The summed E-state index contributed by atoms with van der Waals surface area (Å²) in [4.78, 5) is 10.7. The largest absolute Gasteiger partial charge is 0.352 e. The molecule has 0 spiro atoms. The van der Waals surface area contributed by atoms with Crippen LogP contribution in [0, 0.1) is 0 Å². The zero-order valence-corrected chi connectivity index (χ0v) is 15.2. The maximum atomic E-state index is 4.38. The predicted molar refractivity (Wildman–Crippen MR) is 103 cm³/mol. The first-order chi connectivity index (χ1) is 12.2. The summed E-state index contributed by atoms with van der Waals surface area (Å²) in [5, 5.41) is 10.2. The van der Waals surface area contributed by atoms with Crippen molar-refractivity contribution in [1.82, 2.24) is 25.4 Å². The van der Waals surface area contributed by atoms with Crippen LogP contribution in [0.2, 0.25) is 0 Å². The molecule has 0 saturated carbocycles. The van der Waals surface area contributed by atoms with E-state index in [0.29, 0.717) is 0 Å². The van der Waals surface area contributed by atoms with Gasteiger partial charge in [0, 0.05) is 32.7 Å². The molecule has 0 aliphatic rings. The van der Waals surface area contributed by atoms with Gasteiger partial charge in [0.2, 0.25) is 0 Å². The Bertz CT molecular complexity index is 662. The van der Waals surface area contributed by atoms with E-state index in [4.69, 9.17) is 0 Å². The molecular weight excluding hydrogens is 312 g/mol. The summed E-state index contributed by atoms with van der Waals surface area (Å²) in [5.41, 5.74) is 2.21. The standard InChI is InChI=1S/C19H28N6/c1-4-5-6-7-8-12-25(3)19(20-2)21-14-16-10-9-11-17(13-16)18-22-15-23-24-18/h4,9-11,13,15H,1,5-8,12,14H2,2-3H3,(H,20,21)(H,22,23,24). The highest BCUT2D eigenvalue weighted by Gasteiger charge is 2.06. The molecule has 0 fully saturated rings. The monoisotopic (exact) mass is 340 g/mol. The number of nitrogens with one attached hydrogen (secondary N) is 2. The maximum absolute atomic E-state index is 4.38. The molecule has 134 valence electrons. The summed E-state index contributed by atoms with van der Waals surface area (Å²) in [6.07, 6.45) is 8.18. The number of H-pyrrole nitrogens is 1. The van der Waals surface area contributed by atoms with Crippen LogP contribution in [0.25, 0.3) is 11.4 Å². The molecule has 0 bridgehead atoms. The molecule has 2 aromatic rings. The molecule has 2 N–H and O–H groups in total. The molecule has 6 nitrogen and oxygen atoms in total. The van der Waals surface area contributed by atoms with Crippen molar-refractivity contribution in [2.45, 2.75) is 32.2 Å². The molecule has 0 atom stereocenters. The molecule has 0 aliphatic heterocycles. The highest BCUT2D eigenvalue weighted by atomic mass is 15.3. The molecule has 25 heavy (non-hydrogen) atoms. The van der Waals surface area contributed by atoms with Crippen molar-refractivity contribution in [3.63, 3.8) is 0 Å². The number of benzene rings is 1. The second-order valence-electron chi connectivity index (χ2n) is 5.99. The number of aliphatic imine (C=N–C) groups is 1. The number of hydrogen-bond donors (Lipinski definition) is 2. The van der Waals surface area contributed by atoms with Crippen molar-refractivity contribution in [2.75, 3.05) is 20.6 Å². The minimum atomic E-state index is 0.718. The minimum Gasteiger partial charge on any atom is -0.352 e. The highest BCUT2D eigenvalue weighted by molar-refractivity contribution is 5.79. The minimum absolute atomic E-state index is 0.718. The zero-order chi connectivity index (χ0) is 17.9. The van der Waals surface area contributed by atoms with E-state index < -0.39 is 0 Å². The van der Waals surface area contributed by atoms with E-state index in [1.54, 1.807) is 0 Å². The van der Waals surface area contributed by atoms with Gasteiger partial charge >= 0.3 is 0 Å². The number of rotatable bonds is 9. The first-order valence-corrected chi connectivity index (χ1v) is 8.72. The lowest BCUT2D eigenvalue weighted by molar-refractivity contribution is 0.455. The molecule has 1 aromatic carbocycles. The molecule has 0 aliphatic carbocycles. The van der Waals surface area contributed by atoms with Gasteiger partial charge in [-0.2, -0.15) is 5.10 Å². The smallest absolute Gasteiger partial charge is 0.193 e. The predicted octanol–water partition coefficient (Wildman–Crippen LogP) is 3.23. The lowest BCUT2D eigenvalue weighted by Gasteiger charge is -2.22. The van der Waals surface area contributed by atoms with E-state index in [0.717, 1.165) is 43.3 Å². The summed E-state index contributed by atoms with van der Waals surface area (Å²) in [6, 6.07) is 8.25. The fourth-order valence-electron chi connectivity index (χ4n) is 2.66. The van der Waals surface area contributed by atoms with Crippen molar-refractivity contribution >= 4 is 5.96 Å². The average Bonchev–Trinajstić information content (AvgIpc) is 3.17. The zero-order valence-electron chi connectivity index (χ0n) is 15.2. The van der Waals surface area contributed by atoms with Gasteiger partial charge in [0.25, 0.3) is 0 Å². The van der Waals surface area contributed by atoms with Crippen molar-refractivity contribution in [3.05, 3.63) is 48.8 Å². The number of unbranched alkanes of at least 4 members (excludes halogenated alkanes) is 3. The van der Waals surface area contributed by atoms with Gasteiger partial charge in [-0.3, -0.25) is 10.1 Å². The topological polar surface area (TPSA) is 69.2 Å². The molecule has 6 heteroatoms. The molecule has 0 saturated heterocycles. The van der Waals surface area contributed by atoms with Crippen LogP contribution >= 0.6 is 0 Å². The lowest BCUT2D eigenvalue weighted by Crippen LogP contribution is -2.39. The number of allylic oxidation sites excluding steroid dienone is 1. The van der Waals surface area contributed by atoms with Gasteiger partial charge in [-0.15, -0.1) is 6.58 Å². The van der Waals surface area contributed by atoms with E-state index in [9.17, 15) is 0 Å². The van der Waals surface area contributed by atoms with Crippen LogP contribution in [0.15, 0.2) is 48.2 Å². The Balaban J connectivity index is 1.84. The van der Waals surface area contributed by atoms with Gasteiger partial charge in [0.05, 0.1) is 0 Å². The summed E-state index contributed by atoms with van der Waals surface area (Å²) in [7, 11) is 3.90. The Kier molecular flexibility index (Phi) is 7.69. The van der Waals surface area contributed by atoms with Gasteiger partial charge < -0.3 is 10.2 Å². The number of aromatic amines is 1. The second kappa shape index (κ2) is 10.3. The van der Waals surface area contributed by atoms with E-state index >= 15 is 0 Å². The van der Waals surface area contributed by atoms with Gasteiger partial charge in [-0.1, -0.05) is 30.7 Å². The number of guanidine groups is 1. The van der Waals surface area contributed by atoms with Gasteiger partial charge in [-0.25, -0.2) is 4.98 Å². The second-order valence-corrected chi connectivity index (χ2v) is 5.99. The van der Waals surface area contributed by atoms with Crippen molar-refractivity contribution in [3.8, 4) is 11.4 Å². The lowest BCUT2D eigenvalue weighted by atomic mass is 10.1. The van der Waals surface area contributed by atoms with Crippen LogP contribution in [0.3, 0.4) is 0 Å². The van der Waals surface area contributed by atoms with Crippen molar-refractivity contribution in [2.24, 2.45) is 4.99 Å². The van der Waals surface area contributed by atoms with Gasteiger partial charge in [0.1, 0.15) is 6.33 Å². The normalized spacial score (nSPS) is 11.4. The molecule has 0 radical (unpaired) electrons. The highest BCUT2D eigenvalue weighted by Crippen LogP contribution is 2.15. The van der Waals surface area contributed by atoms with Crippen LogP contribution in [-0.2, 0) is 6.54 Å². The molecule has 0 amide bonds. The fraction of sp³-hybridized carbons (Fsp3) is 0.421. The third-order valence-electron chi connectivity index (χ3n) is 4.04. The van der Waals surface area contributed by atoms with Crippen LogP contribution in [-0.4, -0.2) is 46.7 Å². The van der Waals surface area contributed by atoms with Gasteiger partial charge in [0.15, 0.2) is 11.8 Å². The summed E-state index contributed by atoms with van der Waals surface area (Å²) in [6.45, 7) is 5.47. The Morgan fingerprint density at radius 2 is 2.24 bits per heavy atom. The average molecular weight is 340 g/mol. The summed E-state index contributed by atoms with van der Waals surface area (Å²) < 4.78 is 0. The van der Waals surface area contributed by atoms with E-state index in [1.807, 2.05) is 25.3 Å². The summed E-state index contributed by atoms with van der Waals surface area (Å²) >= 11 is 0. The first kappa shape index (κ1) is 18.7. The Hall–Kier alpha value is -2.63. The molecule has 1 heterocycles. The van der Waals surface area contributed by atoms with E-state index in [-0.39, 0.29) is 0 Å². The fourth-order valence-corrected chi connectivity index (χ4v) is 2.66. The SMILES string of the molecule is C=CCCCCCN(C)C(=NC)NCc1cccc(-c2ncn[nH]2)c1. The quantitative estimate of drug-likeness (QED) is 0.318. The number of hydrogen-bond acceptors (Lipinski definition) is 3.